The standard InChI is InChI=1S/C37H66N2O3/c1-8-21-39(23-24-40)22-20-38-35(41)42-30-16-18-36(6)29(25-30)12-13-31-33-15-14-32(37(33,7)19-17-34(31)36)27(5)10-11-28(9-2)26(3)4/h12,26-28,30-34,40H,8-11,13-25H2,1-7H3,(H,38,41)/t27-,28-,30+,31+,32-,33+,34+,36+,37-/m1/s1. The molecule has 5 nitrogen and oxygen atoms in total. The highest BCUT2D eigenvalue weighted by molar-refractivity contribution is 5.67. The van der Waals surface area contributed by atoms with Gasteiger partial charge in [0, 0.05) is 26.1 Å². The van der Waals surface area contributed by atoms with Gasteiger partial charge in [-0.3, -0.25) is 4.90 Å². The highest BCUT2D eigenvalue weighted by Crippen LogP contribution is 2.67. The van der Waals surface area contributed by atoms with Crippen molar-refractivity contribution in [3.05, 3.63) is 11.6 Å². The van der Waals surface area contributed by atoms with Crippen molar-refractivity contribution in [1.29, 1.82) is 0 Å². The van der Waals surface area contributed by atoms with E-state index in [-0.39, 0.29) is 24.2 Å². The fraction of sp³-hybridized carbons (Fsp3) is 0.919. The second-order valence-corrected chi connectivity index (χ2v) is 15.7. The van der Waals surface area contributed by atoms with Crippen LogP contribution in [0.5, 0.6) is 0 Å². The Bertz CT molecular complexity index is 897. The van der Waals surface area contributed by atoms with Gasteiger partial charge in [-0.2, -0.15) is 0 Å². The molecule has 0 radical (unpaired) electrons. The average Bonchev–Trinajstić information content (AvgIpc) is 3.31. The molecular weight excluding hydrogens is 520 g/mol. The second-order valence-electron chi connectivity index (χ2n) is 15.7. The van der Waals surface area contributed by atoms with Gasteiger partial charge in [0.25, 0.3) is 0 Å². The van der Waals surface area contributed by atoms with Gasteiger partial charge in [0.15, 0.2) is 0 Å². The molecular formula is C37H66N2O3. The largest absolute Gasteiger partial charge is 0.446 e. The van der Waals surface area contributed by atoms with Crippen LogP contribution in [-0.4, -0.2) is 55.0 Å². The Morgan fingerprint density at radius 2 is 1.83 bits per heavy atom. The number of ether oxygens (including phenoxy) is 1. The fourth-order valence-electron chi connectivity index (χ4n) is 10.7. The van der Waals surface area contributed by atoms with E-state index < -0.39 is 0 Å². The second kappa shape index (κ2) is 14.8. The summed E-state index contributed by atoms with van der Waals surface area (Å²) in [5.41, 5.74) is 2.38. The lowest BCUT2D eigenvalue weighted by Crippen LogP contribution is -2.51. The van der Waals surface area contributed by atoms with Crippen LogP contribution < -0.4 is 5.32 Å². The third kappa shape index (κ3) is 7.24. The Balaban J connectivity index is 1.32. The summed E-state index contributed by atoms with van der Waals surface area (Å²) in [6.45, 7) is 20.2. The van der Waals surface area contributed by atoms with E-state index in [1.54, 1.807) is 5.57 Å². The first-order valence-corrected chi connectivity index (χ1v) is 18.0. The lowest BCUT2D eigenvalue weighted by Gasteiger charge is -2.58. The minimum atomic E-state index is -0.281. The molecule has 3 saturated carbocycles. The van der Waals surface area contributed by atoms with E-state index in [2.05, 4.69) is 64.8 Å². The molecule has 0 aliphatic heterocycles. The third-order valence-electron chi connectivity index (χ3n) is 13.2. The van der Waals surface area contributed by atoms with Crippen LogP contribution in [0.25, 0.3) is 0 Å². The summed E-state index contributed by atoms with van der Waals surface area (Å²) in [7, 11) is 0. The molecule has 0 bridgehead atoms. The highest BCUT2D eigenvalue weighted by Gasteiger charge is 2.59. The topological polar surface area (TPSA) is 61.8 Å². The summed E-state index contributed by atoms with van der Waals surface area (Å²) in [6.07, 6.45) is 17.4. The molecule has 42 heavy (non-hydrogen) atoms. The van der Waals surface area contributed by atoms with Crippen molar-refractivity contribution in [3.8, 4) is 0 Å². The zero-order valence-corrected chi connectivity index (χ0v) is 28.4. The van der Waals surface area contributed by atoms with Crippen LogP contribution in [0.1, 0.15) is 126 Å². The van der Waals surface area contributed by atoms with Crippen molar-refractivity contribution in [2.75, 3.05) is 32.8 Å². The van der Waals surface area contributed by atoms with Crippen LogP contribution in [-0.2, 0) is 4.74 Å². The summed E-state index contributed by atoms with van der Waals surface area (Å²) in [5.74, 6) is 5.93. The first kappa shape index (κ1) is 33.8. The number of carbonyl (C=O) groups excluding carboxylic acids is 1. The van der Waals surface area contributed by atoms with Gasteiger partial charge < -0.3 is 15.2 Å². The Morgan fingerprint density at radius 1 is 1.05 bits per heavy atom. The molecule has 0 unspecified atom stereocenters. The number of hydrogen-bond donors (Lipinski definition) is 2. The molecule has 5 heteroatoms. The zero-order chi connectivity index (χ0) is 30.5. The van der Waals surface area contributed by atoms with E-state index in [0.717, 1.165) is 80.2 Å². The SMILES string of the molecule is CCCN(CCO)CCNC(=O)O[C@H]1CC[C@@]2(C)C(=CC[C@H]3[C@@H]4CC[C@H]([C@H](C)CC[C@@H](CC)C(C)C)[C@@]4(C)CC[C@@H]32)C1. The van der Waals surface area contributed by atoms with Crippen molar-refractivity contribution in [2.45, 2.75) is 132 Å². The minimum absolute atomic E-state index is 0.00610. The maximum absolute atomic E-state index is 12.6. The Kier molecular flexibility index (Phi) is 11.9. The van der Waals surface area contributed by atoms with Gasteiger partial charge in [0.1, 0.15) is 6.10 Å². The molecule has 1 amide bonds. The van der Waals surface area contributed by atoms with E-state index in [1.165, 1.54) is 51.4 Å². The molecule has 0 heterocycles. The van der Waals surface area contributed by atoms with Crippen LogP contribution in [0.3, 0.4) is 0 Å². The van der Waals surface area contributed by atoms with Crippen LogP contribution in [0.4, 0.5) is 4.79 Å². The van der Waals surface area contributed by atoms with Crippen LogP contribution >= 0.6 is 0 Å². The van der Waals surface area contributed by atoms with Gasteiger partial charge in [-0.05, 0) is 117 Å². The normalized spacial score (nSPS) is 35.7. The maximum Gasteiger partial charge on any atom is 0.407 e. The van der Waals surface area contributed by atoms with Crippen molar-refractivity contribution < 1.29 is 14.6 Å². The monoisotopic (exact) mass is 587 g/mol. The lowest BCUT2D eigenvalue weighted by atomic mass is 9.47. The molecule has 9 atom stereocenters. The molecule has 4 aliphatic carbocycles. The number of alkyl carbamates (subject to hydrolysis) is 1. The van der Waals surface area contributed by atoms with Crippen LogP contribution in [0.2, 0.25) is 0 Å². The lowest BCUT2D eigenvalue weighted by molar-refractivity contribution is -0.0583. The van der Waals surface area contributed by atoms with Crippen molar-refractivity contribution in [1.82, 2.24) is 10.2 Å². The number of amides is 1. The molecule has 4 aliphatic rings. The Labute approximate surface area is 259 Å². The molecule has 4 rings (SSSR count). The number of nitrogens with zero attached hydrogens (tertiary/aromatic N) is 1. The summed E-state index contributed by atoms with van der Waals surface area (Å²) in [6, 6.07) is 0. The number of nitrogens with one attached hydrogen (secondary N) is 1. The van der Waals surface area contributed by atoms with Crippen molar-refractivity contribution in [2.24, 2.45) is 52.3 Å². The molecule has 3 fully saturated rings. The highest BCUT2D eigenvalue weighted by atomic mass is 16.6. The number of aliphatic hydroxyl groups excluding tert-OH is 1. The predicted molar refractivity (Wildman–Crippen MR) is 174 cm³/mol. The van der Waals surface area contributed by atoms with E-state index >= 15 is 0 Å². The van der Waals surface area contributed by atoms with Crippen molar-refractivity contribution in [3.63, 3.8) is 0 Å². The molecule has 242 valence electrons. The molecule has 0 aromatic carbocycles. The van der Waals surface area contributed by atoms with E-state index in [9.17, 15) is 9.90 Å². The Hall–Kier alpha value is -1.07. The van der Waals surface area contributed by atoms with E-state index in [4.69, 9.17) is 4.74 Å². The number of hydrogen-bond acceptors (Lipinski definition) is 4. The first-order valence-electron chi connectivity index (χ1n) is 18.0. The quantitative estimate of drug-likeness (QED) is 0.200. The first-order chi connectivity index (χ1) is 20.1. The molecule has 0 spiro atoms. The number of aliphatic hydroxyl groups is 1. The van der Waals surface area contributed by atoms with Gasteiger partial charge >= 0.3 is 6.09 Å². The van der Waals surface area contributed by atoms with Crippen LogP contribution in [0.15, 0.2) is 11.6 Å². The van der Waals surface area contributed by atoms with Gasteiger partial charge in [0.2, 0.25) is 0 Å². The minimum Gasteiger partial charge on any atom is -0.446 e. The third-order valence-corrected chi connectivity index (χ3v) is 13.2. The molecule has 0 aromatic heterocycles. The van der Waals surface area contributed by atoms with Crippen LogP contribution in [0, 0.1) is 52.3 Å². The van der Waals surface area contributed by atoms with E-state index in [0.29, 0.717) is 18.5 Å². The summed E-state index contributed by atoms with van der Waals surface area (Å²) in [4.78, 5) is 14.8. The number of allylic oxidation sites excluding steroid dienone is 1. The summed E-state index contributed by atoms with van der Waals surface area (Å²) >= 11 is 0. The predicted octanol–water partition coefficient (Wildman–Crippen LogP) is 8.46. The zero-order valence-electron chi connectivity index (χ0n) is 28.4. The van der Waals surface area contributed by atoms with E-state index in [1.807, 2.05) is 0 Å². The van der Waals surface area contributed by atoms with Crippen molar-refractivity contribution >= 4 is 6.09 Å². The maximum atomic E-state index is 12.6. The van der Waals surface area contributed by atoms with Gasteiger partial charge in [-0.25, -0.2) is 4.79 Å². The number of rotatable bonds is 14. The summed E-state index contributed by atoms with van der Waals surface area (Å²) < 4.78 is 5.95. The number of carbonyl (C=O) groups is 1. The van der Waals surface area contributed by atoms with Gasteiger partial charge in [-0.1, -0.05) is 73.0 Å². The van der Waals surface area contributed by atoms with Gasteiger partial charge in [-0.15, -0.1) is 0 Å². The Morgan fingerprint density at radius 3 is 2.52 bits per heavy atom. The number of fused-ring (bicyclic) bond motifs is 5. The summed E-state index contributed by atoms with van der Waals surface area (Å²) in [5, 5.41) is 12.2. The molecule has 0 saturated heterocycles. The average molecular weight is 587 g/mol. The molecule has 2 N–H and O–H groups in total. The van der Waals surface area contributed by atoms with Gasteiger partial charge in [0.05, 0.1) is 6.61 Å². The smallest absolute Gasteiger partial charge is 0.407 e. The molecule has 0 aromatic rings. The fourth-order valence-corrected chi connectivity index (χ4v) is 10.7.